The van der Waals surface area contributed by atoms with Gasteiger partial charge in [-0.15, -0.1) is 0 Å². The molecule has 0 atom stereocenters. The van der Waals surface area contributed by atoms with E-state index in [1.807, 2.05) is 13.8 Å². The van der Waals surface area contributed by atoms with Crippen molar-refractivity contribution in [1.82, 2.24) is 9.62 Å². The number of hydrogen-bond acceptors (Lipinski definition) is 6. The molecule has 0 aromatic heterocycles. The van der Waals surface area contributed by atoms with Crippen molar-refractivity contribution in [2.75, 3.05) is 30.8 Å². The van der Waals surface area contributed by atoms with Gasteiger partial charge in [0.15, 0.2) is 0 Å². The molecule has 0 unspecified atom stereocenters. The van der Waals surface area contributed by atoms with E-state index >= 15 is 0 Å². The quantitative estimate of drug-likeness (QED) is 0.457. The maximum absolute atomic E-state index is 13.8. The Balaban J connectivity index is 1.38. The van der Waals surface area contributed by atoms with Crippen LogP contribution < -0.4 is 10.6 Å². The Morgan fingerprint density at radius 2 is 1.88 bits per heavy atom. The highest BCUT2D eigenvalue weighted by Crippen LogP contribution is 2.36. The van der Waals surface area contributed by atoms with E-state index in [1.165, 1.54) is 22.9 Å². The van der Waals surface area contributed by atoms with Gasteiger partial charge in [-0.05, 0) is 55.7 Å². The van der Waals surface area contributed by atoms with Gasteiger partial charge in [0.25, 0.3) is 5.91 Å². The first kappa shape index (κ1) is 30.3. The van der Waals surface area contributed by atoms with Crippen LogP contribution in [-0.4, -0.2) is 61.5 Å². The Bertz CT molecular complexity index is 1240. The number of amidine groups is 1. The summed E-state index contributed by atoms with van der Waals surface area (Å²) < 4.78 is 73.8. The predicted molar refractivity (Wildman–Crippen MR) is 144 cm³/mol. The first-order chi connectivity index (χ1) is 18.8. The summed E-state index contributed by atoms with van der Waals surface area (Å²) >= 11 is 0. The lowest BCUT2D eigenvalue weighted by Gasteiger charge is -2.34. The fourth-order valence-corrected chi connectivity index (χ4v) is 6.96. The molecule has 40 heavy (non-hydrogen) atoms. The molecular weight excluding hydrogens is 549 g/mol. The molecule has 2 aliphatic heterocycles. The van der Waals surface area contributed by atoms with Crippen molar-refractivity contribution < 1.29 is 35.9 Å². The topological polar surface area (TPSA) is 117 Å². The molecule has 2 fully saturated rings. The van der Waals surface area contributed by atoms with Crippen molar-refractivity contribution in [2.24, 2.45) is 16.8 Å². The normalized spacial score (nSPS) is 20.4. The van der Waals surface area contributed by atoms with Gasteiger partial charge in [0.2, 0.25) is 10.0 Å². The van der Waals surface area contributed by atoms with Crippen LogP contribution >= 0.6 is 0 Å². The number of benzene rings is 1. The number of aryl methyl sites for hydroxylation is 1. The molecule has 1 saturated carbocycles. The summed E-state index contributed by atoms with van der Waals surface area (Å²) in [6.07, 6.45) is -0.187. The molecule has 9 nitrogen and oxygen atoms in total. The number of piperidine rings is 1. The molecule has 4 rings (SSSR count). The third-order valence-corrected chi connectivity index (χ3v) is 9.64. The number of carbonyl (C=O) groups is 2. The Morgan fingerprint density at radius 1 is 1.20 bits per heavy atom. The van der Waals surface area contributed by atoms with E-state index in [-0.39, 0.29) is 68.0 Å². The molecule has 222 valence electrons. The van der Waals surface area contributed by atoms with Gasteiger partial charge in [-0.2, -0.15) is 13.2 Å². The van der Waals surface area contributed by atoms with Gasteiger partial charge >= 0.3 is 12.3 Å². The molecule has 13 heteroatoms. The number of ether oxygens (including phenoxy) is 1. The molecule has 1 aromatic rings. The van der Waals surface area contributed by atoms with Crippen molar-refractivity contribution in [2.45, 2.75) is 76.9 Å². The van der Waals surface area contributed by atoms with Crippen LogP contribution in [-0.2, 0) is 32.2 Å². The predicted octanol–water partition coefficient (Wildman–Crippen LogP) is 4.73. The number of carbonyl (C=O) groups excluding carboxylic acids is 2. The standard InChI is InChI=1S/C27H37F3N4O5S/c1-18(2)17-39-25(36)31-21-9-8-19(22(16-21)27(28,29)30)10-15-40(37,38)34-13-11-26(12-14-34)24(35)32-23(33-26)20-6-4-3-5-7-20/h8-9,16,18,20H,3-7,10-15,17H2,1-2H3,(H,31,36)(H,32,33,35). The van der Waals surface area contributed by atoms with Crippen molar-refractivity contribution in [3.05, 3.63) is 29.3 Å². The number of nitrogens with one attached hydrogen (secondary N) is 2. The Labute approximate surface area is 233 Å². The zero-order valence-electron chi connectivity index (χ0n) is 22.8. The number of aliphatic imine (C=N–C) groups is 1. The van der Waals surface area contributed by atoms with Crippen molar-refractivity contribution in [1.29, 1.82) is 0 Å². The third-order valence-electron chi connectivity index (χ3n) is 7.77. The molecule has 0 bridgehead atoms. The van der Waals surface area contributed by atoms with E-state index in [1.54, 1.807) is 0 Å². The average Bonchev–Trinajstić information content (AvgIpc) is 3.22. The summed E-state index contributed by atoms with van der Waals surface area (Å²) in [5.74, 6) is 0.297. The van der Waals surface area contributed by atoms with Crippen molar-refractivity contribution >= 4 is 33.5 Å². The lowest BCUT2D eigenvalue weighted by atomic mass is 9.88. The maximum Gasteiger partial charge on any atom is 0.416 e. The monoisotopic (exact) mass is 586 g/mol. The fraction of sp³-hybridized carbons (Fsp3) is 0.667. The largest absolute Gasteiger partial charge is 0.449 e. The van der Waals surface area contributed by atoms with Crippen LogP contribution in [0.25, 0.3) is 0 Å². The third kappa shape index (κ3) is 7.15. The van der Waals surface area contributed by atoms with Crippen LogP contribution in [0.2, 0.25) is 0 Å². The highest BCUT2D eigenvalue weighted by Gasteiger charge is 2.48. The van der Waals surface area contributed by atoms with E-state index in [2.05, 4.69) is 10.6 Å². The van der Waals surface area contributed by atoms with Crippen LogP contribution in [0.15, 0.2) is 23.2 Å². The zero-order chi connectivity index (χ0) is 29.1. The molecule has 3 aliphatic rings. The number of nitrogens with zero attached hydrogens (tertiary/aromatic N) is 2. The molecule has 1 saturated heterocycles. The van der Waals surface area contributed by atoms with Crippen LogP contribution in [0.5, 0.6) is 0 Å². The van der Waals surface area contributed by atoms with Gasteiger partial charge in [0.1, 0.15) is 11.4 Å². The minimum absolute atomic E-state index is 0.0633. The second-order valence-corrected chi connectivity index (χ2v) is 13.4. The summed E-state index contributed by atoms with van der Waals surface area (Å²) in [6.45, 7) is 3.92. The lowest BCUT2D eigenvalue weighted by Crippen LogP contribution is -2.51. The van der Waals surface area contributed by atoms with Crippen LogP contribution in [0.3, 0.4) is 0 Å². The molecule has 1 aliphatic carbocycles. The Morgan fingerprint density at radius 3 is 2.50 bits per heavy atom. The first-order valence-corrected chi connectivity index (χ1v) is 15.4. The molecule has 2 N–H and O–H groups in total. The van der Waals surface area contributed by atoms with Gasteiger partial charge in [-0.25, -0.2) is 17.5 Å². The summed E-state index contributed by atoms with van der Waals surface area (Å²) in [5.41, 5.74) is -2.28. The average molecular weight is 587 g/mol. The fourth-order valence-electron chi connectivity index (χ4n) is 5.48. The summed E-state index contributed by atoms with van der Waals surface area (Å²) in [5, 5.41) is 5.22. The highest BCUT2D eigenvalue weighted by molar-refractivity contribution is 7.89. The minimum Gasteiger partial charge on any atom is -0.449 e. The highest BCUT2D eigenvalue weighted by atomic mass is 32.2. The second-order valence-electron chi connectivity index (χ2n) is 11.3. The van der Waals surface area contributed by atoms with E-state index in [0.29, 0.717) is 5.84 Å². The molecule has 0 radical (unpaired) electrons. The van der Waals surface area contributed by atoms with Crippen molar-refractivity contribution in [3.8, 4) is 0 Å². The molecule has 1 aromatic carbocycles. The summed E-state index contributed by atoms with van der Waals surface area (Å²) in [7, 11) is -3.89. The van der Waals surface area contributed by atoms with Crippen LogP contribution in [0.4, 0.5) is 23.7 Å². The smallest absolute Gasteiger partial charge is 0.416 e. The van der Waals surface area contributed by atoms with Gasteiger partial charge in [-0.1, -0.05) is 39.2 Å². The molecule has 1 spiro atoms. The van der Waals surface area contributed by atoms with Gasteiger partial charge < -0.3 is 10.1 Å². The molecule has 2 amide bonds. The van der Waals surface area contributed by atoms with E-state index in [4.69, 9.17) is 9.73 Å². The summed E-state index contributed by atoms with van der Waals surface area (Å²) in [6, 6.07) is 3.24. The first-order valence-electron chi connectivity index (χ1n) is 13.8. The number of hydrogen-bond donors (Lipinski definition) is 2. The summed E-state index contributed by atoms with van der Waals surface area (Å²) in [4.78, 5) is 29.5. The zero-order valence-corrected chi connectivity index (χ0v) is 23.7. The Kier molecular flexibility index (Phi) is 9.13. The number of rotatable bonds is 8. The maximum atomic E-state index is 13.8. The molecule has 2 heterocycles. The van der Waals surface area contributed by atoms with Gasteiger partial charge in [0, 0.05) is 24.7 Å². The van der Waals surface area contributed by atoms with Gasteiger partial charge in [-0.3, -0.25) is 15.1 Å². The number of halogens is 3. The van der Waals surface area contributed by atoms with E-state index < -0.39 is 39.1 Å². The van der Waals surface area contributed by atoms with E-state index in [9.17, 15) is 31.2 Å². The van der Waals surface area contributed by atoms with E-state index in [0.717, 1.165) is 31.7 Å². The number of anilines is 1. The SMILES string of the molecule is CC(C)COC(=O)Nc1ccc(CCS(=O)(=O)N2CCC3(CC2)N=C(C2CCCCC2)NC3=O)c(C(F)(F)F)c1. The number of sulfonamides is 1. The number of amides is 2. The minimum atomic E-state index is -4.75. The van der Waals surface area contributed by atoms with Crippen molar-refractivity contribution in [3.63, 3.8) is 0 Å². The number of alkyl halides is 3. The van der Waals surface area contributed by atoms with Crippen LogP contribution in [0.1, 0.15) is 69.9 Å². The second kappa shape index (κ2) is 12.1. The van der Waals surface area contributed by atoms with Gasteiger partial charge in [0.05, 0.1) is 17.9 Å². The Hall–Kier alpha value is -2.67. The van der Waals surface area contributed by atoms with Crippen LogP contribution in [0, 0.1) is 11.8 Å². The molecular formula is C27H37F3N4O5S. The lowest BCUT2D eigenvalue weighted by molar-refractivity contribution is -0.138.